The maximum Gasteiger partial charge on any atom is 0.343 e. The van der Waals surface area contributed by atoms with Gasteiger partial charge in [0.15, 0.2) is 5.78 Å². The normalized spacial score (nSPS) is 16.5. The summed E-state index contributed by atoms with van der Waals surface area (Å²) < 4.78 is 5.66. The molecule has 0 saturated carbocycles. The molecule has 0 amide bonds. The zero-order valence-corrected chi connectivity index (χ0v) is 18.8. The highest BCUT2D eigenvalue weighted by Gasteiger charge is 2.40. The molecule has 6 nitrogen and oxygen atoms in total. The Balaban J connectivity index is 1.74. The third kappa shape index (κ3) is 3.67. The summed E-state index contributed by atoms with van der Waals surface area (Å²) in [5.41, 5.74) is 4.37. The van der Waals surface area contributed by atoms with Crippen LogP contribution in [0, 0.1) is 13.8 Å². The number of carbonyl (C=O) groups excluding carboxylic acids is 2. The topological polar surface area (TPSA) is 96.7 Å². The number of Topliss-reactive ketones (excluding diaryl/α,β-unsaturated/α-hetero) is 1. The van der Waals surface area contributed by atoms with Crippen LogP contribution in [0.25, 0.3) is 5.76 Å². The number of rotatable bonds is 3. The van der Waals surface area contributed by atoms with Crippen LogP contribution in [0.3, 0.4) is 0 Å². The van der Waals surface area contributed by atoms with Gasteiger partial charge in [0, 0.05) is 36.4 Å². The first-order valence-electron chi connectivity index (χ1n) is 11.0. The van der Waals surface area contributed by atoms with Gasteiger partial charge in [-0.1, -0.05) is 35.4 Å². The highest BCUT2D eigenvalue weighted by Crippen LogP contribution is 2.43. The van der Waals surface area contributed by atoms with Crippen LogP contribution in [0.2, 0.25) is 0 Å². The van der Waals surface area contributed by atoms with Crippen molar-refractivity contribution in [2.75, 3.05) is 0 Å². The number of aliphatic hydroxyl groups excluding tert-OH is 2. The number of benzene rings is 2. The van der Waals surface area contributed by atoms with E-state index in [2.05, 4.69) is 4.98 Å². The Labute approximate surface area is 196 Å². The average molecular weight is 453 g/mol. The van der Waals surface area contributed by atoms with Gasteiger partial charge in [0.05, 0.1) is 17.1 Å². The van der Waals surface area contributed by atoms with Crippen molar-refractivity contribution < 1.29 is 24.5 Å². The summed E-state index contributed by atoms with van der Waals surface area (Å²) in [5, 5.41) is 22.5. The Bertz CT molecular complexity index is 1400. The number of ketones is 1. The largest absolute Gasteiger partial charge is 0.511 e. The fraction of sp³-hybridized carbons (Fsp3) is 0.179. The average Bonchev–Trinajstić information content (AvgIpc) is 2.92. The Hall–Kier alpha value is -4.19. The molecule has 0 radical (unpaired) electrons. The Morgan fingerprint density at radius 1 is 0.853 bits per heavy atom. The van der Waals surface area contributed by atoms with E-state index >= 15 is 0 Å². The van der Waals surface area contributed by atoms with Crippen LogP contribution in [0.15, 0.2) is 77.8 Å². The van der Waals surface area contributed by atoms with E-state index in [0.29, 0.717) is 22.4 Å². The molecule has 2 heterocycles. The number of aryl methyl sites for hydroxylation is 2. The van der Waals surface area contributed by atoms with Gasteiger partial charge >= 0.3 is 5.97 Å². The summed E-state index contributed by atoms with van der Waals surface area (Å²) >= 11 is 0. The number of ether oxygens (including phenoxy) is 1. The molecule has 2 aliphatic rings. The van der Waals surface area contributed by atoms with Gasteiger partial charge in [0.25, 0.3) is 0 Å². The molecule has 1 aliphatic carbocycles. The fourth-order valence-electron chi connectivity index (χ4n) is 4.72. The Morgan fingerprint density at radius 3 is 2.32 bits per heavy atom. The summed E-state index contributed by atoms with van der Waals surface area (Å²) in [7, 11) is 0. The number of carbonyl (C=O) groups is 2. The van der Waals surface area contributed by atoms with E-state index in [9.17, 15) is 19.8 Å². The second-order valence-electron chi connectivity index (χ2n) is 8.77. The maximum atomic E-state index is 13.4. The molecule has 6 heteroatoms. The van der Waals surface area contributed by atoms with Crippen LogP contribution in [-0.4, -0.2) is 26.9 Å². The van der Waals surface area contributed by atoms with Gasteiger partial charge in [-0.3, -0.25) is 9.78 Å². The molecule has 34 heavy (non-hydrogen) atoms. The lowest BCUT2D eigenvalue weighted by Gasteiger charge is -2.27. The molecule has 1 aliphatic heterocycles. The number of aromatic nitrogens is 1. The number of esters is 1. The molecule has 2 aromatic carbocycles. The zero-order valence-electron chi connectivity index (χ0n) is 18.8. The Kier molecular flexibility index (Phi) is 5.28. The molecule has 1 aromatic heterocycles. The number of aliphatic hydroxyl groups is 2. The van der Waals surface area contributed by atoms with Crippen molar-refractivity contribution in [3.63, 3.8) is 0 Å². The predicted octanol–water partition coefficient (Wildman–Crippen LogP) is 4.85. The van der Waals surface area contributed by atoms with Gasteiger partial charge in [-0.25, -0.2) is 4.79 Å². The standard InChI is InChI=1S/C28H23NO5/c1-15-4-6-23-19(11-15)14-22(31)26(28(33)34-23)24(17-7-9-29-10-8-17)25-21(30)13-18-5-3-16(2)12-20(18)27(25)32/h3-12,24,31-32H,13-14H2,1-2H3. The predicted molar refractivity (Wildman–Crippen MR) is 127 cm³/mol. The summed E-state index contributed by atoms with van der Waals surface area (Å²) in [6.07, 6.45) is 3.24. The molecule has 1 unspecified atom stereocenters. The van der Waals surface area contributed by atoms with Crippen LogP contribution in [0.4, 0.5) is 0 Å². The van der Waals surface area contributed by atoms with Crippen LogP contribution in [0.5, 0.6) is 5.75 Å². The van der Waals surface area contributed by atoms with E-state index in [4.69, 9.17) is 4.74 Å². The lowest BCUT2D eigenvalue weighted by molar-refractivity contribution is -0.130. The third-order valence-corrected chi connectivity index (χ3v) is 6.35. The number of nitrogens with zero attached hydrogens (tertiary/aromatic N) is 1. The minimum absolute atomic E-state index is 0.0601. The number of hydrogen-bond donors (Lipinski definition) is 2. The van der Waals surface area contributed by atoms with Gasteiger partial charge < -0.3 is 14.9 Å². The molecule has 1 atom stereocenters. The molecule has 0 saturated heterocycles. The van der Waals surface area contributed by atoms with Crippen LogP contribution in [-0.2, 0) is 22.4 Å². The minimum atomic E-state index is -1.02. The molecule has 2 N–H and O–H groups in total. The molecule has 3 aromatic rings. The third-order valence-electron chi connectivity index (χ3n) is 6.35. The summed E-state index contributed by atoms with van der Waals surface area (Å²) in [6, 6.07) is 14.2. The van der Waals surface area contributed by atoms with Crippen molar-refractivity contribution in [1.82, 2.24) is 4.98 Å². The van der Waals surface area contributed by atoms with Gasteiger partial charge in [-0.15, -0.1) is 0 Å². The quantitative estimate of drug-likeness (QED) is 0.435. The van der Waals surface area contributed by atoms with Crippen molar-refractivity contribution >= 4 is 17.5 Å². The molecule has 0 spiro atoms. The summed E-state index contributed by atoms with van der Waals surface area (Å²) in [6.45, 7) is 3.82. The second kappa shape index (κ2) is 8.30. The molecule has 0 bridgehead atoms. The number of allylic oxidation sites excluding steroid dienone is 2. The molecular formula is C28H23NO5. The first-order chi connectivity index (χ1) is 16.3. The highest BCUT2D eigenvalue weighted by atomic mass is 16.5. The molecule has 0 fully saturated rings. The number of fused-ring (bicyclic) bond motifs is 2. The maximum absolute atomic E-state index is 13.4. The van der Waals surface area contributed by atoms with Crippen LogP contribution >= 0.6 is 0 Å². The fourth-order valence-corrected chi connectivity index (χ4v) is 4.72. The van der Waals surface area contributed by atoms with Crippen molar-refractivity contribution in [3.05, 3.63) is 111 Å². The molecular weight excluding hydrogens is 430 g/mol. The Morgan fingerprint density at radius 2 is 1.56 bits per heavy atom. The van der Waals surface area contributed by atoms with E-state index in [0.717, 1.165) is 16.7 Å². The lowest BCUT2D eigenvalue weighted by atomic mass is 9.76. The van der Waals surface area contributed by atoms with Gasteiger partial charge in [-0.05, 0) is 49.2 Å². The lowest BCUT2D eigenvalue weighted by Crippen LogP contribution is -2.27. The van der Waals surface area contributed by atoms with Crippen molar-refractivity contribution in [3.8, 4) is 5.75 Å². The van der Waals surface area contributed by atoms with Crippen LogP contribution < -0.4 is 4.74 Å². The van der Waals surface area contributed by atoms with Gasteiger partial charge in [-0.2, -0.15) is 0 Å². The summed E-state index contributed by atoms with van der Waals surface area (Å²) in [4.78, 5) is 30.8. The smallest absolute Gasteiger partial charge is 0.343 e. The van der Waals surface area contributed by atoms with E-state index < -0.39 is 11.9 Å². The van der Waals surface area contributed by atoms with Gasteiger partial charge in [0.2, 0.25) is 0 Å². The molecule has 5 rings (SSSR count). The first-order valence-corrected chi connectivity index (χ1v) is 11.0. The SMILES string of the molecule is Cc1ccc2c(c1)CC(O)=C(C(C1=C(O)c3cc(C)ccc3CC1=O)c1ccncc1)C(=O)O2. The minimum Gasteiger partial charge on any atom is -0.511 e. The number of pyridine rings is 1. The van der Waals surface area contributed by atoms with Crippen molar-refractivity contribution in [2.45, 2.75) is 32.6 Å². The van der Waals surface area contributed by atoms with Crippen LogP contribution in [0.1, 0.15) is 39.3 Å². The highest BCUT2D eigenvalue weighted by molar-refractivity contribution is 6.09. The van der Waals surface area contributed by atoms with Crippen molar-refractivity contribution in [1.29, 1.82) is 0 Å². The van der Waals surface area contributed by atoms with E-state index in [1.54, 1.807) is 30.6 Å². The van der Waals surface area contributed by atoms with Crippen molar-refractivity contribution in [2.24, 2.45) is 0 Å². The van der Waals surface area contributed by atoms with Gasteiger partial charge in [0.1, 0.15) is 17.3 Å². The second-order valence-corrected chi connectivity index (χ2v) is 8.77. The molecule has 170 valence electrons. The summed E-state index contributed by atoms with van der Waals surface area (Å²) in [5.74, 6) is -2.12. The van der Waals surface area contributed by atoms with E-state index in [-0.39, 0.29) is 41.3 Å². The van der Waals surface area contributed by atoms with E-state index in [1.807, 2.05) is 44.2 Å². The van der Waals surface area contributed by atoms with E-state index in [1.165, 1.54) is 0 Å². The monoisotopic (exact) mass is 453 g/mol. The first kappa shape index (κ1) is 21.6. The number of hydrogen-bond acceptors (Lipinski definition) is 6. The zero-order chi connectivity index (χ0) is 24.0.